The Balaban J connectivity index is 1.73. The molecule has 0 saturated heterocycles. The zero-order valence-corrected chi connectivity index (χ0v) is 15.8. The number of carbonyl (C=O) groups is 2. The van der Waals surface area contributed by atoms with Gasteiger partial charge < -0.3 is 25.4 Å². The number of aryl methyl sites for hydroxylation is 2. The van der Waals surface area contributed by atoms with Crippen molar-refractivity contribution in [3.63, 3.8) is 0 Å². The van der Waals surface area contributed by atoms with Crippen LogP contribution in [0.25, 0.3) is 0 Å². The molecular weight excluding hydrogens is 346 g/mol. The van der Waals surface area contributed by atoms with Crippen LogP contribution in [-0.2, 0) is 9.59 Å². The molecule has 0 unspecified atom stereocenters. The first-order valence-electron chi connectivity index (χ1n) is 8.61. The van der Waals surface area contributed by atoms with Gasteiger partial charge in [0.2, 0.25) is 11.8 Å². The summed E-state index contributed by atoms with van der Waals surface area (Å²) in [6, 6.07) is 8.36. The molecule has 7 heteroatoms. The Kier molecular flexibility index (Phi) is 5.21. The molecule has 0 bridgehead atoms. The van der Waals surface area contributed by atoms with Gasteiger partial charge in [0.25, 0.3) is 0 Å². The minimum absolute atomic E-state index is 0.0153. The van der Waals surface area contributed by atoms with E-state index < -0.39 is 6.04 Å². The minimum atomic E-state index is -0.656. The highest BCUT2D eigenvalue weighted by molar-refractivity contribution is 6.06. The predicted octanol–water partition coefficient (Wildman–Crippen LogP) is 3.08. The fourth-order valence-corrected chi connectivity index (χ4v) is 2.95. The third kappa shape index (κ3) is 3.97. The SMILES string of the molecule is COc1ccc(OC)c(NC(=O)C[C@@H]2Nc3cc(C)c(C)cc3NC2=O)c1. The summed E-state index contributed by atoms with van der Waals surface area (Å²) in [6.07, 6.45) is -0.0153. The van der Waals surface area contributed by atoms with Gasteiger partial charge in [-0.2, -0.15) is 0 Å². The number of hydrogen-bond acceptors (Lipinski definition) is 5. The van der Waals surface area contributed by atoms with Crippen molar-refractivity contribution in [2.24, 2.45) is 0 Å². The fourth-order valence-electron chi connectivity index (χ4n) is 2.95. The van der Waals surface area contributed by atoms with Crippen LogP contribution >= 0.6 is 0 Å². The van der Waals surface area contributed by atoms with Crippen LogP contribution in [0.1, 0.15) is 17.5 Å². The minimum Gasteiger partial charge on any atom is -0.497 e. The Hall–Kier alpha value is -3.22. The lowest BCUT2D eigenvalue weighted by atomic mass is 10.0. The highest BCUT2D eigenvalue weighted by Crippen LogP contribution is 2.31. The third-order valence-electron chi connectivity index (χ3n) is 4.61. The van der Waals surface area contributed by atoms with Gasteiger partial charge in [-0.05, 0) is 49.2 Å². The highest BCUT2D eigenvalue weighted by atomic mass is 16.5. The van der Waals surface area contributed by atoms with Crippen molar-refractivity contribution in [2.75, 3.05) is 30.2 Å². The number of carbonyl (C=O) groups excluding carboxylic acids is 2. The Morgan fingerprint density at radius 1 is 1.07 bits per heavy atom. The monoisotopic (exact) mass is 369 g/mol. The van der Waals surface area contributed by atoms with Crippen molar-refractivity contribution in [1.82, 2.24) is 0 Å². The lowest BCUT2D eigenvalue weighted by Gasteiger charge is -2.27. The zero-order chi connectivity index (χ0) is 19.6. The maximum Gasteiger partial charge on any atom is 0.247 e. The molecule has 1 atom stereocenters. The summed E-state index contributed by atoms with van der Waals surface area (Å²) in [5, 5.41) is 8.80. The summed E-state index contributed by atoms with van der Waals surface area (Å²) in [7, 11) is 3.07. The number of anilines is 3. The molecule has 0 aliphatic carbocycles. The quantitative estimate of drug-likeness (QED) is 0.754. The van der Waals surface area contributed by atoms with Gasteiger partial charge in [-0.1, -0.05) is 0 Å². The number of ether oxygens (including phenoxy) is 2. The number of methoxy groups -OCH3 is 2. The van der Waals surface area contributed by atoms with Crippen LogP contribution < -0.4 is 25.4 Å². The van der Waals surface area contributed by atoms with Crippen molar-refractivity contribution in [1.29, 1.82) is 0 Å². The number of benzene rings is 2. The predicted molar refractivity (Wildman–Crippen MR) is 105 cm³/mol. The first kappa shape index (κ1) is 18.6. The van der Waals surface area contributed by atoms with E-state index >= 15 is 0 Å². The fraction of sp³-hybridized carbons (Fsp3) is 0.300. The molecule has 1 aliphatic rings. The molecule has 0 aromatic heterocycles. The van der Waals surface area contributed by atoms with Crippen LogP contribution in [0, 0.1) is 13.8 Å². The molecule has 0 fully saturated rings. The average molecular weight is 369 g/mol. The second-order valence-corrected chi connectivity index (χ2v) is 6.49. The van der Waals surface area contributed by atoms with Gasteiger partial charge in [-0.15, -0.1) is 0 Å². The molecule has 7 nitrogen and oxygen atoms in total. The Bertz CT molecular complexity index is 895. The van der Waals surface area contributed by atoms with E-state index in [1.807, 2.05) is 26.0 Å². The third-order valence-corrected chi connectivity index (χ3v) is 4.61. The van der Waals surface area contributed by atoms with E-state index in [1.54, 1.807) is 25.3 Å². The van der Waals surface area contributed by atoms with E-state index in [-0.39, 0.29) is 18.2 Å². The molecular formula is C20H23N3O4. The molecule has 2 aromatic carbocycles. The van der Waals surface area contributed by atoms with Gasteiger partial charge in [0, 0.05) is 6.07 Å². The average Bonchev–Trinajstić information content (AvgIpc) is 2.64. The van der Waals surface area contributed by atoms with Gasteiger partial charge in [0.15, 0.2) is 0 Å². The molecule has 0 radical (unpaired) electrons. The number of hydrogen-bond donors (Lipinski definition) is 3. The molecule has 142 valence electrons. The smallest absolute Gasteiger partial charge is 0.247 e. The van der Waals surface area contributed by atoms with Crippen molar-refractivity contribution in [3.8, 4) is 11.5 Å². The molecule has 0 saturated carbocycles. The van der Waals surface area contributed by atoms with E-state index in [1.165, 1.54) is 7.11 Å². The van der Waals surface area contributed by atoms with Crippen molar-refractivity contribution >= 4 is 28.9 Å². The van der Waals surface area contributed by atoms with Gasteiger partial charge in [-0.25, -0.2) is 0 Å². The number of nitrogens with one attached hydrogen (secondary N) is 3. The van der Waals surface area contributed by atoms with E-state index in [2.05, 4.69) is 16.0 Å². The van der Waals surface area contributed by atoms with Crippen molar-refractivity contribution in [3.05, 3.63) is 41.5 Å². The number of amides is 2. The number of fused-ring (bicyclic) bond motifs is 1. The van der Waals surface area contributed by atoms with Crippen LogP contribution in [0.3, 0.4) is 0 Å². The van der Waals surface area contributed by atoms with Crippen LogP contribution in [0.2, 0.25) is 0 Å². The summed E-state index contributed by atoms with van der Waals surface area (Å²) in [5.41, 5.74) is 4.24. The summed E-state index contributed by atoms with van der Waals surface area (Å²) in [5.74, 6) is 0.570. The van der Waals surface area contributed by atoms with Gasteiger partial charge in [0.05, 0.1) is 37.7 Å². The van der Waals surface area contributed by atoms with Gasteiger partial charge in [0.1, 0.15) is 17.5 Å². The van der Waals surface area contributed by atoms with Crippen LogP contribution in [-0.4, -0.2) is 32.1 Å². The first-order chi connectivity index (χ1) is 12.9. The Morgan fingerprint density at radius 2 is 1.78 bits per heavy atom. The van der Waals surface area contributed by atoms with E-state index in [0.29, 0.717) is 17.2 Å². The highest BCUT2D eigenvalue weighted by Gasteiger charge is 2.28. The molecule has 2 aromatic rings. The van der Waals surface area contributed by atoms with E-state index in [4.69, 9.17) is 9.47 Å². The molecule has 27 heavy (non-hydrogen) atoms. The molecule has 0 spiro atoms. The Morgan fingerprint density at radius 3 is 2.44 bits per heavy atom. The van der Waals surface area contributed by atoms with Crippen LogP contribution in [0.5, 0.6) is 11.5 Å². The number of rotatable bonds is 5. The van der Waals surface area contributed by atoms with Crippen LogP contribution in [0.4, 0.5) is 17.1 Å². The second-order valence-electron chi connectivity index (χ2n) is 6.49. The zero-order valence-electron chi connectivity index (χ0n) is 15.8. The second kappa shape index (κ2) is 7.57. The van der Waals surface area contributed by atoms with E-state index in [0.717, 1.165) is 22.5 Å². The summed E-state index contributed by atoms with van der Waals surface area (Å²) >= 11 is 0. The standard InChI is InChI=1S/C20H23N3O4/c1-11-7-14-15(8-12(11)2)23-20(25)17(21-14)10-19(24)22-16-9-13(26-3)5-6-18(16)27-4/h5-9,17,21H,10H2,1-4H3,(H,22,24)(H,23,25)/t17-/m0/s1. The lowest BCUT2D eigenvalue weighted by molar-refractivity contribution is -0.122. The van der Waals surface area contributed by atoms with Crippen molar-refractivity contribution in [2.45, 2.75) is 26.3 Å². The molecule has 1 aliphatic heterocycles. The maximum atomic E-state index is 12.5. The summed E-state index contributed by atoms with van der Waals surface area (Å²) in [6.45, 7) is 3.99. The molecule has 3 N–H and O–H groups in total. The molecule has 3 rings (SSSR count). The summed E-state index contributed by atoms with van der Waals surface area (Å²) in [4.78, 5) is 24.9. The largest absolute Gasteiger partial charge is 0.497 e. The summed E-state index contributed by atoms with van der Waals surface area (Å²) < 4.78 is 10.4. The molecule has 1 heterocycles. The van der Waals surface area contributed by atoms with Gasteiger partial charge >= 0.3 is 0 Å². The van der Waals surface area contributed by atoms with Gasteiger partial charge in [-0.3, -0.25) is 9.59 Å². The normalized spacial score (nSPS) is 15.3. The topological polar surface area (TPSA) is 88.7 Å². The van der Waals surface area contributed by atoms with Crippen molar-refractivity contribution < 1.29 is 19.1 Å². The molecule has 2 amide bonds. The van der Waals surface area contributed by atoms with Crippen LogP contribution in [0.15, 0.2) is 30.3 Å². The first-order valence-corrected chi connectivity index (χ1v) is 8.61. The lowest BCUT2D eigenvalue weighted by Crippen LogP contribution is -2.41. The maximum absolute atomic E-state index is 12.5. The Labute approximate surface area is 158 Å². The van der Waals surface area contributed by atoms with E-state index in [9.17, 15) is 9.59 Å².